The lowest BCUT2D eigenvalue weighted by atomic mass is 9.86. The van der Waals surface area contributed by atoms with E-state index < -0.39 is 5.97 Å². The summed E-state index contributed by atoms with van der Waals surface area (Å²) in [5.74, 6) is 0.0592. The topological polar surface area (TPSA) is 37.3 Å². The average Bonchev–Trinajstić information content (AvgIpc) is 2.15. The second-order valence-electron chi connectivity index (χ2n) is 3.89. The minimum atomic E-state index is -0.726. The monoisotopic (exact) mass is 248 g/mol. The third-order valence-corrected chi connectivity index (χ3v) is 3.67. The van der Waals surface area contributed by atoms with Gasteiger partial charge >= 0.3 is 5.97 Å². The van der Waals surface area contributed by atoms with Crippen LogP contribution in [0.1, 0.15) is 44.9 Å². The maximum absolute atomic E-state index is 10.5. The van der Waals surface area contributed by atoms with Gasteiger partial charge in [-0.05, 0) is 18.8 Å². The predicted molar refractivity (Wildman–Crippen MR) is 56.2 cm³/mol. The largest absolute Gasteiger partial charge is 0.480 e. The lowest BCUT2D eigenvalue weighted by Gasteiger charge is -2.21. The van der Waals surface area contributed by atoms with Gasteiger partial charge < -0.3 is 5.11 Å². The Hall–Kier alpha value is -0.0500. The number of hydrogen-bond acceptors (Lipinski definition) is 1. The van der Waals surface area contributed by atoms with Crippen LogP contribution in [0, 0.1) is 5.92 Å². The molecule has 13 heavy (non-hydrogen) atoms. The van der Waals surface area contributed by atoms with Crippen LogP contribution in [0.15, 0.2) is 0 Å². The summed E-state index contributed by atoms with van der Waals surface area (Å²) in [5, 5.41) is 8.66. The molecule has 1 fully saturated rings. The molecule has 1 N–H and O–H groups in total. The van der Waals surface area contributed by atoms with Gasteiger partial charge in [-0.25, -0.2) is 0 Å². The number of hydrogen-bond donors (Lipinski definition) is 1. The van der Waals surface area contributed by atoms with Gasteiger partial charge in [0.2, 0.25) is 0 Å². The molecule has 0 amide bonds. The van der Waals surface area contributed by atoms with Gasteiger partial charge in [-0.2, -0.15) is 0 Å². The van der Waals surface area contributed by atoms with Crippen LogP contribution < -0.4 is 0 Å². The summed E-state index contributed by atoms with van der Waals surface area (Å²) in [6.07, 6.45) is 8.50. The number of alkyl halides is 1. The summed E-state index contributed by atoms with van der Waals surface area (Å²) < 4.78 is 0. The molecule has 1 rings (SSSR count). The molecule has 0 radical (unpaired) electrons. The van der Waals surface area contributed by atoms with E-state index in [0.29, 0.717) is 0 Å². The molecule has 1 aliphatic rings. The molecule has 2 nitrogen and oxygen atoms in total. The van der Waals surface area contributed by atoms with Crippen LogP contribution in [0.5, 0.6) is 0 Å². The number of halogens is 1. The van der Waals surface area contributed by atoms with E-state index in [2.05, 4.69) is 15.9 Å². The van der Waals surface area contributed by atoms with Crippen LogP contribution in [0.3, 0.4) is 0 Å². The third kappa shape index (κ3) is 4.12. The van der Waals surface area contributed by atoms with Gasteiger partial charge in [-0.15, -0.1) is 0 Å². The minimum Gasteiger partial charge on any atom is -0.480 e. The van der Waals surface area contributed by atoms with Crippen molar-refractivity contribution in [2.24, 2.45) is 5.92 Å². The van der Waals surface area contributed by atoms with E-state index in [1.807, 2.05) is 0 Å². The molecule has 0 aromatic rings. The van der Waals surface area contributed by atoms with E-state index in [1.165, 1.54) is 32.1 Å². The molecule has 1 aliphatic carbocycles. The molecule has 1 unspecified atom stereocenters. The molecule has 0 spiro atoms. The maximum atomic E-state index is 10.5. The highest BCUT2D eigenvalue weighted by Gasteiger charge is 2.18. The van der Waals surface area contributed by atoms with E-state index in [9.17, 15) is 4.79 Å². The zero-order valence-corrected chi connectivity index (χ0v) is 9.42. The van der Waals surface area contributed by atoms with Crippen molar-refractivity contribution < 1.29 is 9.90 Å². The molecule has 1 atom stereocenters. The quantitative estimate of drug-likeness (QED) is 0.777. The molecule has 0 saturated heterocycles. The average molecular weight is 249 g/mol. The van der Waals surface area contributed by atoms with Gasteiger partial charge in [0.15, 0.2) is 0 Å². The number of carboxylic acids is 1. The minimum absolute atomic E-state index is 0.338. The first kappa shape index (κ1) is 11.0. The van der Waals surface area contributed by atoms with Gasteiger partial charge in [-0.1, -0.05) is 48.0 Å². The normalized spacial score (nSPS) is 21.3. The predicted octanol–water partition coefficient (Wildman–Crippen LogP) is 3.20. The zero-order chi connectivity index (χ0) is 9.68. The smallest absolute Gasteiger partial charge is 0.317 e. The summed E-state index contributed by atoms with van der Waals surface area (Å²) in [5.41, 5.74) is 0. The Kier molecular flexibility index (Phi) is 4.78. The lowest BCUT2D eigenvalue weighted by Crippen LogP contribution is -2.15. The van der Waals surface area contributed by atoms with Crippen molar-refractivity contribution in [3.63, 3.8) is 0 Å². The summed E-state index contributed by atoms with van der Waals surface area (Å²) in [6.45, 7) is 0. The third-order valence-electron chi connectivity index (χ3n) is 2.82. The number of aliphatic carboxylic acids is 1. The lowest BCUT2D eigenvalue weighted by molar-refractivity contribution is -0.136. The van der Waals surface area contributed by atoms with Crippen molar-refractivity contribution in [2.75, 3.05) is 0 Å². The second kappa shape index (κ2) is 5.63. The molecule has 76 valence electrons. The fourth-order valence-corrected chi connectivity index (χ4v) is 2.25. The summed E-state index contributed by atoms with van der Waals surface area (Å²) in [6, 6.07) is 0. The Morgan fingerprint density at radius 3 is 2.54 bits per heavy atom. The van der Waals surface area contributed by atoms with Gasteiger partial charge in [-0.3, -0.25) is 4.79 Å². The fourth-order valence-electron chi connectivity index (χ4n) is 1.98. The van der Waals surface area contributed by atoms with Crippen molar-refractivity contribution in [2.45, 2.75) is 49.8 Å². The summed E-state index contributed by atoms with van der Waals surface area (Å²) >= 11 is 3.17. The first-order chi connectivity index (χ1) is 6.20. The van der Waals surface area contributed by atoms with Crippen molar-refractivity contribution >= 4 is 21.9 Å². The molecule has 0 aromatic carbocycles. The van der Waals surface area contributed by atoms with Crippen molar-refractivity contribution in [1.29, 1.82) is 0 Å². The van der Waals surface area contributed by atoms with E-state index in [-0.39, 0.29) is 4.83 Å². The Balaban J connectivity index is 2.13. The van der Waals surface area contributed by atoms with E-state index in [0.717, 1.165) is 18.8 Å². The van der Waals surface area contributed by atoms with Crippen LogP contribution in [-0.2, 0) is 4.79 Å². The van der Waals surface area contributed by atoms with Gasteiger partial charge in [0.1, 0.15) is 4.83 Å². The Morgan fingerprint density at radius 2 is 2.00 bits per heavy atom. The summed E-state index contributed by atoms with van der Waals surface area (Å²) in [7, 11) is 0. The highest BCUT2D eigenvalue weighted by Crippen LogP contribution is 2.28. The first-order valence-electron chi connectivity index (χ1n) is 5.07. The second-order valence-corrected chi connectivity index (χ2v) is 4.99. The Bertz CT molecular complexity index is 164. The molecule has 0 bridgehead atoms. The Labute approximate surface area is 87.8 Å². The van der Waals surface area contributed by atoms with Crippen LogP contribution in [0.2, 0.25) is 0 Å². The van der Waals surface area contributed by atoms with Crippen LogP contribution in [0.4, 0.5) is 0 Å². The number of carbonyl (C=O) groups is 1. The van der Waals surface area contributed by atoms with Crippen molar-refractivity contribution in [3.05, 3.63) is 0 Å². The van der Waals surface area contributed by atoms with E-state index >= 15 is 0 Å². The highest BCUT2D eigenvalue weighted by molar-refractivity contribution is 9.10. The van der Waals surface area contributed by atoms with Gasteiger partial charge in [0, 0.05) is 0 Å². The number of carboxylic acid groups (broad SMARTS) is 1. The fraction of sp³-hybridized carbons (Fsp3) is 0.900. The van der Waals surface area contributed by atoms with Crippen LogP contribution in [0.25, 0.3) is 0 Å². The van der Waals surface area contributed by atoms with Crippen molar-refractivity contribution in [3.8, 4) is 0 Å². The van der Waals surface area contributed by atoms with E-state index in [1.54, 1.807) is 0 Å². The molecular weight excluding hydrogens is 232 g/mol. The summed E-state index contributed by atoms with van der Waals surface area (Å²) in [4.78, 5) is 10.2. The Morgan fingerprint density at radius 1 is 1.38 bits per heavy atom. The van der Waals surface area contributed by atoms with Crippen molar-refractivity contribution in [1.82, 2.24) is 0 Å². The molecular formula is C10H17BrO2. The molecule has 0 aliphatic heterocycles. The van der Waals surface area contributed by atoms with Gasteiger partial charge in [0.25, 0.3) is 0 Å². The molecule has 0 heterocycles. The molecule has 0 aromatic heterocycles. The number of rotatable bonds is 4. The molecule has 1 saturated carbocycles. The standard InChI is InChI=1S/C10H17BrO2/c11-9(10(12)13)7-6-8-4-2-1-3-5-8/h8-9H,1-7H2,(H,12,13). The van der Waals surface area contributed by atoms with Gasteiger partial charge in [0.05, 0.1) is 0 Å². The highest BCUT2D eigenvalue weighted by atomic mass is 79.9. The first-order valence-corrected chi connectivity index (χ1v) is 5.98. The molecule has 3 heteroatoms. The van der Waals surface area contributed by atoms with E-state index in [4.69, 9.17) is 5.11 Å². The maximum Gasteiger partial charge on any atom is 0.317 e. The zero-order valence-electron chi connectivity index (χ0n) is 7.84. The van der Waals surface area contributed by atoms with Crippen LogP contribution in [-0.4, -0.2) is 15.9 Å². The SMILES string of the molecule is O=C(O)C(Br)CCC1CCCCC1. The van der Waals surface area contributed by atoms with Crippen LogP contribution >= 0.6 is 15.9 Å².